The van der Waals surface area contributed by atoms with E-state index >= 15 is 0 Å². The molecule has 164 valence electrons. The molecule has 0 radical (unpaired) electrons. The third-order valence-electron chi connectivity index (χ3n) is 5.53. The van der Waals surface area contributed by atoms with Crippen LogP contribution in [0.25, 0.3) is 21.7 Å². The molecule has 1 heterocycles. The van der Waals surface area contributed by atoms with Gasteiger partial charge in [0.1, 0.15) is 5.82 Å². The second-order valence-corrected chi connectivity index (χ2v) is 7.69. The Hall–Kier alpha value is -3.15. The minimum atomic E-state index is 0.913. The Kier molecular flexibility index (Phi) is 7.45. The molecule has 31 heavy (non-hydrogen) atoms. The number of hydrogen-bond acceptors (Lipinski definition) is 4. The third-order valence-corrected chi connectivity index (χ3v) is 5.53. The highest BCUT2D eigenvalue weighted by Crippen LogP contribution is 2.34. The molecule has 0 unspecified atom stereocenters. The smallest absolute Gasteiger partial charge is 0.136 e. The fourth-order valence-corrected chi connectivity index (χ4v) is 3.54. The van der Waals surface area contributed by atoms with Crippen molar-refractivity contribution < 1.29 is 0 Å². The number of nitrogens with zero attached hydrogens (tertiary/aromatic N) is 6. The minimum Gasteiger partial charge on any atom is -0.363 e. The molecule has 1 aromatic heterocycles. The quantitative estimate of drug-likeness (QED) is 0.263. The van der Waals surface area contributed by atoms with E-state index in [-0.39, 0.29) is 0 Å². The second kappa shape index (κ2) is 10.2. The normalized spacial score (nSPS) is 11.8. The van der Waals surface area contributed by atoms with Gasteiger partial charge in [0, 0.05) is 51.0 Å². The van der Waals surface area contributed by atoms with E-state index in [2.05, 4.69) is 88.8 Å². The number of anilines is 1. The van der Waals surface area contributed by atoms with Gasteiger partial charge < -0.3 is 14.7 Å². The summed E-state index contributed by atoms with van der Waals surface area (Å²) >= 11 is 0. The summed E-state index contributed by atoms with van der Waals surface area (Å²) in [5.74, 6) is 0.937. The van der Waals surface area contributed by atoms with Crippen LogP contribution in [0.1, 0.15) is 27.7 Å². The van der Waals surface area contributed by atoms with Crippen LogP contribution in [0.15, 0.2) is 46.4 Å². The van der Waals surface area contributed by atoms with Crippen LogP contribution in [-0.2, 0) is 0 Å². The van der Waals surface area contributed by atoms with E-state index in [0.29, 0.717) is 0 Å². The highest BCUT2D eigenvalue weighted by molar-refractivity contribution is 6.11. The molecule has 0 aliphatic carbocycles. The molecule has 0 aliphatic rings. The number of benzene rings is 2. The zero-order chi connectivity index (χ0) is 22.4. The predicted molar refractivity (Wildman–Crippen MR) is 136 cm³/mol. The van der Waals surface area contributed by atoms with Crippen LogP contribution < -0.4 is 4.90 Å². The highest BCUT2D eigenvalue weighted by atomic mass is 15.1. The summed E-state index contributed by atoms with van der Waals surface area (Å²) in [5, 5.41) is 3.41. The van der Waals surface area contributed by atoms with Crippen LogP contribution in [0.5, 0.6) is 0 Å². The second-order valence-electron chi connectivity index (χ2n) is 7.69. The van der Waals surface area contributed by atoms with Gasteiger partial charge in [-0.25, -0.2) is 15.0 Å². The summed E-state index contributed by atoms with van der Waals surface area (Å²) in [4.78, 5) is 20.7. The summed E-state index contributed by atoms with van der Waals surface area (Å²) in [6.07, 6.45) is 3.83. The van der Waals surface area contributed by atoms with Gasteiger partial charge in [0.25, 0.3) is 0 Å². The maximum atomic E-state index is 4.98. The Morgan fingerprint density at radius 1 is 0.710 bits per heavy atom. The maximum absolute atomic E-state index is 4.98. The number of aromatic nitrogens is 1. The summed E-state index contributed by atoms with van der Waals surface area (Å²) in [7, 11) is 4.06. The summed E-state index contributed by atoms with van der Waals surface area (Å²) in [5.41, 5.74) is 2.80. The first-order chi connectivity index (χ1) is 15.0. The van der Waals surface area contributed by atoms with E-state index < -0.39 is 0 Å². The van der Waals surface area contributed by atoms with Crippen molar-refractivity contribution >= 4 is 51.5 Å². The van der Waals surface area contributed by atoms with Crippen LogP contribution in [0.2, 0.25) is 0 Å². The van der Waals surface area contributed by atoms with Gasteiger partial charge in [0.2, 0.25) is 0 Å². The standard InChI is InChI=1S/C25H34N6/c1-7-30(8-2)17-26-19-11-13-21-22-14-12-20(27-18-31(9-3)10-4)16-24(22)28-25(29(5)6)23(21)15-19/h11-18H,7-10H2,1-6H3/b26-17+,27-18+. The molecule has 6 nitrogen and oxygen atoms in total. The van der Waals surface area contributed by atoms with Gasteiger partial charge in [-0.3, -0.25) is 0 Å². The molecule has 0 amide bonds. The molecule has 0 bridgehead atoms. The average Bonchev–Trinajstić information content (AvgIpc) is 2.79. The van der Waals surface area contributed by atoms with Crippen molar-refractivity contribution in [2.45, 2.75) is 27.7 Å². The first kappa shape index (κ1) is 22.5. The number of pyridine rings is 1. The van der Waals surface area contributed by atoms with E-state index in [1.54, 1.807) is 0 Å². The Labute approximate surface area is 185 Å². The Morgan fingerprint density at radius 3 is 1.74 bits per heavy atom. The lowest BCUT2D eigenvalue weighted by Gasteiger charge is -2.17. The molecule has 0 N–H and O–H groups in total. The fraction of sp³-hybridized carbons (Fsp3) is 0.400. The monoisotopic (exact) mass is 418 g/mol. The SMILES string of the molecule is CCN(/C=N/c1ccc2c(c1)nc(N(C)C)c1cc(/N=C/N(CC)CC)ccc12)CC. The number of rotatable bonds is 9. The van der Waals surface area contributed by atoms with Crippen LogP contribution in [-0.4, -0.2) is 67.7 Å². The number of hydrogen-bond donors (Lipinski definition) is 0. The van der Waals surface area contributed by atoms with Crippen LogP contribution in [0.4, 0.5) is 17.2 Å². The van der Waals surface area contributed by atoms with Gasteiger partial charge >= 0.3 is 0 Å². The van der Waals surface area contributed by atoms with Gasteiger partial charge in [-0.05, 0) is 57.3 Å². The van der Waals surface area contributed by atoms with Crippen LogP contribution in [0, 0.1) is 0 Å². The molecule has 0 spiro atoms. The fourth-order valence-electron chi connectivity index (χ4n) is 3.54. The van der Waals surface area contributed by atoms with Gasteiger partial charge in [-0.15, -0.1) is 0 Å². The van der Waals surface area contributed by atoms with Crippen molar-refractivity contribution in [3.05, 3.63) is 36.4 Å². The Bertz CT molecular complexity index is 1080. The number of aliphatic imine (C=N–C) groups is 2. The van der Waals surface area contributed by atoms with Crippen LogP contribution >= 0.6 is 0 Å². The summed E-state index contributed by atoms with van der Waals surface area (Å²) in [6.45, 7) is 12.3. The molecular formula is C25H34N6. The molecule has 6 heteroatoms. The third kappa shape index (κ3) is 5.13. The number of fused-ring (bicyclic) bond motifs is 3. The first-order valence-electron chi connectivity index (χ1n) is 11.1. The van der Waals surface area contributed by atoms with E-state index in [1.807, 2.05) is 26.8 Å². The molecule has 0 saturated heterocycles. The van der Waals surface area contributed by atoms with E-state index in [4.69, 9.17) is 4.98 Å². The molecular weight excluding hydrogens is 384 g/mol. The van der Waals surface area contributed by atoms with Crippen molar-refractivity contribution in [1.82, 2.24) is 14.8 Å². The van der Waals surface area contributed by atoms with Crippen molar-refractivity contribution in [3.8, 4) is 0 Å². The van der Waals surface area contributed by atoms with Crippen molar-refractivity contribution in [2.75, 3.05) is 45.2 Å². The molecule has 0 aliphatic heterocycles. The summed E-state index contributed by atoms with van der Waals surface area (Å²) < 4.78 is 0. The van der Waals surface area contributed by atoms with Gasteiger partial charge in [0.05, 0.1) is 29.6 Å². The van der Waals surface area contributed by atoms with E-state index in [1.165, 1.54) is 5.39 Å². The molecule has 2 aromatic carbocycles. The maximum Gasteiger partial charge on any atom is 0.136 e. The average molecular weight is 419 g/mol. The topological polar surface area (TPSA) is 47.3 Å². The van der Waals surface area contributed by atoms with Gasteiger partial charge in [-0.2, -0.15) is 0 Å². The largest absolute Gasteiger partial charge is 0.363 e. The van der Waals surface area contributed by atoms with Crippen molar-refractivity contribution in [3.63, 3.8) is 0 Å². The highest BCUT2D eigenvalue weighted by Gasteiger charge is 2.11. The molecule has 0 atom stereocenters. The van der Waals surface area contributed by atoms with Gasteiger partial charge in [0.15, 0.2) is 0 Å². The lowest BCUT2D eigenvalue weighted by molar-refractivity contribution is 0.480. The van der Waals surface area contributed by atoms with Crippen LogP contribution in [0.3, 0.4) is 0 Å². The van der Waals surface area contributed by atoms with Gasteiger partial charge in [-0.1, -0.05) is 12.1 Å². The zero-order valence-corrected chi connectivity index (χ0v) is 19.6. The van der Waals surface area contributed by atoms with Crippen molar-refractivity contribution in [1.29, 1.82) is 0 Å². The lowest BCUT2D eigenvalue weighted by Crippen LogP contribution is -2.20. The first-order valence-corrected chi connectivity index (χ1v) is 11.1. The predicted octanol–water partition coefficient (Wildman–Crippen LogP) is 5.46. The minimum absolute atomic E-state index is 0.913. The molecule has 0 saturated carbocycles. The van der Waals surface area contributed by atoms with E-state index in [0.717, 1.165) is 59.7 Å². The van der Waals surface area contributed by atoms with E-state index in [9.17, 15) is 0 Å². The summed E-state index contributed by atoms with van der Waals surface area (Å²) in [6, 6.07) is 12.6. The Morgan fingerprint density at radius 2 is 1.23 bits per heavy atom. The lowest BCUT2D eigenvalue weighted by atomic mass is 10.0. The zero-order valence-electron chi connectivity index (χ0n) is 19.6. The molecule has 3 rings (SSSR count). The molecule has 3 aromatic rings. The Balaban J connectivity index is 2.08. The molecule has 0 fully saturated rings. The van der Waals surface area contributed by atoms with Crippen molar-refractivity contribution in [2.24, 2.45) is 9.98 Å².